The molecule has 1 aliphatic rings. The van der Waals surface area contributed by atoms with Gasteiger partial charge in [-0.1, -0.05) is 91.0 Å². The van der Waals surface area contributed by atoms with Gasteiger partial charge in [0.15, 0.2) is 12.2 Å². The molecular weight excluding hydrogens is 519 g/mol. The lowest BCUT2D eigenvalue weighted by Gasteiger charge is -2.34. The lowest BCUT2D eigenvalue weighted by molar-refractivity contribution is -0.163. The van der Waals surface area contributed by atoms with Crippen LogP contribution in [0.5, 0.6) is 0 Å². The van der Waals surface area contributed by atoms with Crippen molar-refractivity contribution >= 4 is 19.4 Å². The van der Waals surface area contributed by atoms with Crippen LogP contribution < -0.4 is 0 Å². The van der Waals surface area contributed by atoms with Crippen molar-refractivity contribution in [3.63, 3.8) is 0 Å². The fourth-order valence-electron chi connectivity index (χ4n) is 4.36. The van der Waals surface area contributed by atoms with E-state index in [1.54, 1.807) is 0 Å². The first-order valence-corrected chi connectivity index (χ1v) is 14.6. The van der Waals surface area contributed by atoms with E-state index in [1.807, 2.05) is 102 Å². The molecule has 2 heterocycles. The van der Waals surface area contributed by atoms with Crippen molar-refractivity contribution in [2.75, 3.05) is 0 Å². The number of aliphatic hydroxyl groups excluding tert-OH is 1. The molecule has 0 spiro atoms. The Morgan fingerprint density at radius 1 is 0.711 bits per heavy atom. The van der Waals surface area contributed by atoms with Crippen molar-refractivity contribution in [1.29, 1.82) is 0 Å². The molecule has 1 fully saturated rings. The average Bonchev–Trinajstić information content (AvgIpc) is 3.43. The maximum absolute atomic E-state index is 13.0. The minimum atomic E-state index is -2.40. The second-order valence-corrected chi connectivity index (χ2v) is 11.3. The highest BCUT2D eigenvalue weighted by Crippen LogP contribution is 2.49. The molecule has 5 atom stereocenters. The highest BCUT2D eigenvalue weighted by molar-refractivity contribution is 7.39. The van der Waals surface area contributed by atoms with Gasteiger partial charge in [-0.15, -0.1) is 15.9 Å². The predicted octanol–water partition coefficient (Wildman–Crippen LogP) is 6.77. The Morgan fingerprint density at radius 3 is 1.82 bits per heavy atom. The maximum atomic E-state index is 13.0. The summed E-state index contributed by atoms with van der Waals surface area (Å²) >= 11 is 1.50. The van der Waals surface area contributed by atoms with Crippen molar-refractivity contribution in [3.05, 3.63) is 130 Å². The molecule has 6 nitrogen and oxygen atoms in total. The van der Waals surface area contributed by atoms with Crippen LogP contribution in [-0.2, 0) is 49.7 Å². The number of rotatable bonds is 11. The molecule has 38 heavy (non-hydrogen) atoms. The maximum Gasteiger partial charge on any atom is 0.544 e. The van der Waals surface area contributed by atoms with Gasteiger partial charge >= 0.3 is 13.9 Å². The lowest BCUT2D eigenvalue weighted by Crippen LogP contribution is -2.47. The van der Waals surface area contributed by atoms with Gasteiger partial charge in [-0.05, 0) is 38.3 Å². The Balaban J connectivity index is 1.37. The normalized spacial score (nSPS) is 22.4. The highest BCUT2D eigenvalue weighted by atomic mass is 32.1. The Hall–Kier alpha value is -2.74. The molecule has 1 N–H and O–H groups in total. The minimum Gasteiger partial charge on any atom is -0.372 e. The van der Waals surface area contributed by atoms with Crippen LogP contribution in [0.15, 0.2) is 102 Å². The monoisotopic (exact) mass is 549 g/mol. The summed E-state index contributed by atoms with van der Waals surface area (Å²) in [5.74, 6) is -1.32. The molecule has 0 bridgehead atoms. The van der Waals surface area contributed by atoms with Gasteiger partial charge in [0.05, 0.1) is 26.4 Å². The van der Waals surface area contributed by atoms with Crippen LogP contribution in [0.2, 0.25) is 0 Å². The van der Waals surface area contributed by atoms with Crippen molar-refractivity contribution in [3.8, 4) is 0 Å². The molecule has 0 radical (unpaired) electrons. The number of aliphatic hydroxyl groups is 1. The molecule has 5 rings (SSSR count). The van der Waals surface area contributed by atoms with E-state index in [0.29, 0.717) is 19.8 Å². The molecule has 0 saturated carbocycles. The zero-order chi connectivity index (χ0) is 26.2. The van der Waals surface area contributed by atoms with Crippen LogP contribution in [-0.4, -0.2) is 23.2 Å². The van der Waals surface area contributed by atoms with Crippen LogP contribution in [0, 0.1) is 0 Å². The number of hydrogen-bond donors (Lipinski definition) is 1. The van der Waals surface area contributed by atoms with Gasteiger partial charge in [-0.2, -0.15) is 0 Å². The fourth-order valence-corrected chi connectivity index (χ4v) is 6.47. The molecule has 1 aromatic heterocycles. The van der Waals surface area contributed by atoms with Gasteiger partial charge in [0, 0.05) is 4.88 Å². The van der Waals surface area contributed by atoms with E-state index in [9.17, 15) is 9.67 Å². The van der Waals surface area contributed by atoms with E-state index in [4.69, 9.17) is 18.7 Å². The van der Waals surface area contributed by atoms with Gasteiger partial charge in [-0.25, -0.2) is 0 Å². The van der Waals surface area contributed by atoms with Gasteiger partial charge in [0.1, 0.15) is 6.10 Å². The number of benzene rings is 3. The zero-order valence-corrected chi connectivity index (χ0v) is 22.5. The predicted molar refractivity (Wildman–Crippen MR) is 147 cm³/mol. The summed E-state index contributed by atoms with van der Waals surface area (Å²) in [6, 6.07) is 31.5. The Labute approximate surface area is 227 Å². The molecule has 8 heteroatoms. The third-order valence-corrected chi connectivity index (χ3v) is 8.51. The third kappa shape index (κ3) is 6.82. The largest absolute Gasteiger partial charge is 0.544 e. The Kier molecular flexibility index (Phi) is 9.44. The molecule has 3 aromatic carbocycles. The molecule has 0 aliphatic carbocycles. The van der Waals surface area contributed by atoms with Crippen molar-refractivity contribution in [2.24, 2.45) is 0 Å². The number of ether oxygens (including phenoxy) is 3. The lowest BCUT2D eigenvalue weighted by atomic mass is 10.0. The quantitative estimate of drug-likeness (QED) is 0.208. The molecule has 4 aromatic rings. The highest BCUT2D eigenvalue weighted by Gasteiger charge is 2.56. The molecule has 196 valence electrons. The second kappa shape index (κ2) is 13.4. The summed E-state index contributed by atoms with van der Waals surface area (Å²) in [6.45, 7) is 1.39. The first-order valence-electron chi connectivity index (χ1n) is 12.5. The Bertz CT molecular complexity index is 1280. The summed E-state index contributed by atoms with van der Waals surface area (Å²) in [7, 11) is -2.40. The SMILES string of the molecule is O=[P+]1OC(c2sccc2COCc2ccccc2)C(OCc2ccccc2)C(OCc2ccccc2)C1O. The number of thiophene rings is 1. The second-order valence-electron chi connectivity index (χ2n) is 9.04. The first-order chi connectivity index (χ1) is 18.7. The summed E-state index contributed by atoms with van der Waals surface area (Å²) in [4.78, 5) is 0.861. The Morgan fingerprint density at radius 2 is 1.24 bits per heavy atom. The van der Waals surface area contributed by atoms with E-state index in [0.717, 1.165) is 27.1 Å². The first kappa shape index (κ1) is 26.9. The summed E-state index contributed by atoms with van der Waals surface area (Å²) in [6.07, 6.45) is -2.21. The molecule has 0 amide bonds. The van der Waals surface area contributed by atoms with Gasteiger partial charge in [0.2, 0.25) is 0 Å². The standard InChI is InChI=1S/C30H30O6PS/c31-30-28(35-20-24-14-8-3-9-15-24)26(34-19-23-12-6-2-7-13-23)27(36-37(30)32)29-25(16-17-38-29)21-33-18-22-10-4-1-5-11-22/h1-17,26-28,30-31H,18-21H2/q+1. The topological polar surface area (TPSA) is 74.2 Å². The van der Waals surface area contributed by atoms with Crippen molar-refractivity contribution < 1.29 is 28.4 Å². The van der Waals surface area contributed by atoms with Crippen LogP contribution >= 0.6 is 19.4 Å². The van der Waals surface area contributed by atoms with E-state index in [2.05, 4.69) is 0 Å². The van der Waals surface area contributed by atoms with Crippen LogP contribution in [0.25, 0.3) is 0 Å². The van der Waals surface area contributed by atoms with Crippen molar-refractivity contribution in [2.45, 2.75) is 50.6 Å². The molecule has 5 unspecified atom stereocenters. The molecular formula is C30H30O6PS+. The van der Waals surface area contributed by atoms with Gasteiger partial charge < -0.3 is 19.3 Å². The van der Waals surface area contributed by atoms with Crippen molar-refractivity contribution in [1.82, 2.24) is 0 Å². The van der Waals surface area contributed by atoms with E-state index in [1.165, 1.54) is 11.3 Å². The van der Waals surface area contributed by atoms with E-state index in [-0.39, 0.29) is 6.61 Å². The zero-order valence-electron chi connectivity index (χ0n) is 20.8. The summed E-state index contributed by atoms with van der Waals surface area (Å²) in [5, 5.41) is 12.9. The smallest absolute Gasteiger partial charge is 0.372 e. The fraction of sp³-hybridized carbons (Fsp3) is 0.267. The summed E-state index contributed by atoms with van der Waals surface area (Å²) in [5.41, 5.74) is 3.95. The number of hydrogen-bond acceptors (Lipinski definition) is 7. The van der Waals surface area contributed by atoms with E-state index < -0.39 is 32.2 Å². The van der Waals surface area contributed by atoms with Gasteiger partial charge in [0.25, 0.3) is 0 Å². The van der Waals surface area contributed by atoms with Crippen LogP contribution in [0.1, 0.15) is 33.2 Å². The van der Waals surface area contributed by atoms with Crippen LogP contribution in [0.3, 0.4) is 0 Å². The third-order valence-electron chi connectivity index (χ3n) is 6.33. The molecule has 1 aliphatic heterocycles. The average molecular weight is 550 g/mol. The van der Waals surface area contributed by atoms with Gasteiger partial charge in [-0.3, -0.25) is 0 Å². The summed E-state index contributed by atoms with van der Waals surface area (Å²) < 4.78 is 37.5. The molecule has 1 saturated heterocycles. The minimum absolute atomic E-state index is 0.251. The van der Waals surface area contributed by atoms with E-state index >= 15 is 0 Å². The van der Waals surface area contributed by atoms with Crippen LogP contribution in [0.4, 0.5) is 0 Å².